The van der Waals surface area contributed by atoms with Crippen LogP contribution in [0.1, 0.15) is 61.8 Å². The summed E-state index contributed by atoms with van der Waals surface area (Å²) >= 11 is 0. The van der Waals surface area contributed by atoms with E-state index in [0.29, 0.717) is 12.0 Å². The average Bonchev–Trinajstić information content (AvgIpc) is 2.40. The van der Waals surface area contributed by atoms with Crippen LogP contribution in [-0.4, -0.2) is 17.3 Å². The number of rotatable bonds is 4. The lowest BCUT2D eigenvalue weighted by Gasteiger charge is -2.40. The Hall–Kier alpha value is -0.860. The fourth-order valence-corrected chi connectivity index (χ4v) is 3.21. The monoisotopic (exact) mass is 289 g/mol. The highest BCUT2D eigenvalue weighted by Gasteiger charge is 2.36. The van der Waals surface area contributed by atoms with E-state index < -0.39 is 5.60 Å². The Morgan fingerprint density at radius 2 is 1.52 bits per heavy atom. The predicted molar refractivity (Wildman–Crippen MR) is 89.6 cm³/mol. The van der Waals surface area contributed by atoms with Crippen molar-refractivity contribution in [2.45, 2.75) is 72.4 Å². The minimum atomic E-state index is -0.511. The number of aryl methyl sites for hydroxylation is 3. The van der Waals surface area contributed by atoms with Crippen LogP contribution in [0.2, 0.25) is 0 Å². The quantitative estimate of drug-likeness (QED) is 0.877. The van der Waals surface area contributed by atoms with Gasteiger partial charge in [-0.3, -0.25) is 0 Å². The summed E-state index contributed by atoms with van der Waals surface area (Å²) < 4.78 is 0. The highest BCUT2D eigenvalue weighted by atomic mass is 16.3. The molecule has 0 saturated heterocycles. The third kappa shape index (κ3) is 4.31. The van der Waals surface area contributed by atoms with Gasteiger partial charge in [-0.2, -0.15) is 0 Å². The molecule has 0 bridgehead atoms. The first-order valence-electron chi connectivity index (χ1n) is 8.21. The molecule has 0 amide bonds. The lowest BCUT2D eigenvalue weighted by atomic mass is 9.71. The second-order valence-corrected chi connectivity index (χ2v) is 7.86. The van der Waals surface area contributed by atoms with E-state index in [1.165, 1.54) is 22.3 Å². The van der Waals surface area contributed by atoms with Gasteiger partial charge in [0.1, 0.15) is 0 Å². The third-order valence-corrected chi connectivity index (χ3v) is 5.26. The standard InChI is InChI=1S/C19H31NO/c1-14-10-16(3)17(11-15(14)2)12-20-13-19(21)8-6-18(4,5)7-9-19/h10-11,20-21H,6-9,12-13H2,1-5H3. The molecule has 1 aromatic carbocycles. The molecule has 2 N–H and O–H groups in total. The van der Waals surface area contributed by atoms with Crippen molar-refractivity contribution in [1.82, 2.24) is 5.32 Å². The molecule has 1 aliphatic rings. The Morgan fingerprint density at radius 1 is 0.952 bits per heavy atom. The highest BCUT2D eigenvalue weighted by Crippen LogP contribution is 2.39. The van der Waals surface area contributed by atoms with E-state index in [9.17, 15) is 5.11 Å². The summed E-state index contributed by atoms with van der Waals surface area (Å²) in [4.78, 5) is 0. The van der Waals surface area contributed by atoms with E-state index in [1.807, 2.05) is 0 Å². The summed E-state index contributed by atoms with van der Waals surface area (Å²) in [5, 5.41) is 14.2. The van der Waals surface area contributed by atoms with Crippen molar-refractivity contribution < 1.29 is 5.11 Å². The lowest BCUT2D eigenvalue weighted by Crippen LogP contribution is -2.44. The van der Waals surface area contributed by atoms with Crippen molar-refractivity contribution >= 4 is 0 Å². The van der Waals surface area contributed by atoms with Crippen LogP contribution in [0.3, 0.4) is 0 Å². The molecule has 1 fully saturated rings. The molecule has 1 aliphatic carbocycles. The van der Waals surface area contributed by atoms with Gasteiger partial charge in [0.15, 0.2) is 0 Å². The molecule has 1 aromatic rings. The number of hydrogen-bond donors (Lipinski definition) is 2. The summed E-state index contributed by atoms with van der Waals surface area (Å²) in [6.07, 6.45) is 4.07. The molecule has 1 saturated carbocycles. The largest absolute Gasteiger partial charge is 0.389 e. The van der Waals surface area contributed by atoms with Crippen LogP contribution in [0.4, 0.5) is 0 Å². The number of nitrogens with one attached hydrogen (secondary N) is 1. The minimum absolute atomic E-state index is 0.400. The predicted octanol–water partition coefficient (Wildman–Crippen LogP) is 4.03. The number of aliphatic hydroxyl groups is 1. The first-order valence-corrected chi connectivity index (χ1v) is 8.21. The van der Waals surface area contributed by atoms with Gasteiger partial charge in [0.25, 0.3) is 0 Å². The molecule has 0 atom stereocenters. The third-order valence-electron chi connectivity index (χ3n) is 5.26. The van der Waals surface area contributed by atoms with Crippen LogP contribution >= 0.6 is 0 Å². The minimum Gasteiger partial charge on any atom is -0.389 e. The van der Waals surface area contributed by atoms with E-state index in [-0.39, 0.29) is 0 Å². The van der Waals surface area contributed by atoms with Gasteiger partial charge in [-0.05, 0) is 74.1 Å². The zero-order valence-electron chi connectivity index (χ0n) is 14.3. The Morgan fingerprint density at radius 3 is 2.14 bits per heavy atom. The Kier molecular flexibility index (Phi) is 4.79. The van der Waals surface area contributed by atoms with Gasteiger partial charge in [-0.1, -0.05) is 26.0 Å². The molecule has 2 rings (SSSR count). The summed E-state index contributed by atoms with van der Waals surface area (Å²) in [7, 11) is 0. The zero-order chi connectivity index (χ0) is 15.7. The van der Waals surface area contributed by atoms with Gasteiger partial charge in [-0.15, -0.1) is 0 Å². The highest BCUT2D eigenvalue weighted by molar-refractivity contribution is 5.36. The molecule has 2 heteroatoms. The van der Waals surface area contributed by atoms with Crippen molar-refractivity contribution in [1.29, 1.82) is 0 Å². The topological polar surface area (TPSA) is 32.3 Å². The van der Waals surface area contributed by atoms with Crippen molar-refractivity contribution in [3.05, 3.63) is 34.4 Å². The Balaban J connectivity index is 1.89. The fraction of sp³-hybridized carbons (Fsp3) is 0.684. The molecule has 0 heterocycles. The SMILES string of the molecule is Cc1cc(C)c(CNCC2(O)CCC(C)(C)CC2)cc1C. The average molecular weight is 289 g/mol. The molecule has 0 unspecified atom stereocenters. The normalized spacial score (nSPS) is 20.5. The van der Waals surface area contributed by atoms with E-state index in [1.54, 1.807) is 0 Å². The second-order valence-electron chi connectivity index (χ2n) is 7.86. The van der Waals surface area contributed by atoms with Gasteiger partial charge < -0.3 is 10.4 Å². The second kappa shape index (κ2) is 6.10. The maximum absolute atomic E-state index is 10.7. The van der Waals surface area contributed by atoms with E-state index in [4.69, 9.17) is 0 Å². The van der Waals surface area contributed by atoms with Crippen LogP contribution in [0.15, 0.2) is 12.1 Å². The van der Waals surface area contributed by atoms with Gasteiger partial charge >= 0.3 is 0 Å². The molecule has 0 aliphatic heterocycles. The first kappa shape index (κ1) is 16.5. The van der Waals surface area contributed by atoms with Crippen molar-refractivity contribution in [2.75, 3.05) is 6.54 Å². The van der Waals surface area contributed by atoms with Crippen molar-refractivity contribution in [2.24, 2.45) is 5.41 Å². The summed E-state index contributed by atoms with van der Waals surface area (Å²) in [6, 6.07) is 4.52. The summed E-state index contributed by atoms with van der Waals surface area (Å²) in [6.45, 7) is 12.6. The van der Waals surface area contributed by atoms with Crippen LogP contribution in [-0.2, 0) is 6.54 Å². The van der Waals surface area contributed by atoms with Gasteiger partial charge in [0.2, 0.25) is 0 Å². The maximum atomic E-state index is 10.7. The van der Waals surface area contributed by atoms with Gasteiger partial charge in [-0.25, -0.2) is 0 Å². The molecular weight excluding hydrogens is 258 g/mol. The molecule has 0 spiro atoms. The Labute approximate surface area is 130 Å². The molecule has 0 radical (unpaired) electrons. The maximum Gasteiger partial charge on any atom is 0.0772 e. The first-order chi connectivity index (χ1) is 9.71. The molecule has 21 heavy (non-hydrogen) atoms. The van der Waals surface area contributed by atoms with Gasteiger partial charge in [0, 0.05) is 13.1 Å². The zero-order valence-corrected chi connectivity index (χ0v) is 14.3. The summed E-state index contributed by atoms with van der Waals surface area (Å²) in [5.74, 6) is 0. The summed E-state index contributed by atoms with van der Waals surface area (Å²) in [5.41, 5.74) is 5.26. The number of hydrogen-bond acceptors (Lipinski definition) is 2. The molecular formula is C19H31NO. The van der Waals surface area contributed by atoms with Crippen LogP contribution < -0.4 is 5.32 Å². The number of benzene rings is 1. The smallest absolute Gasteiger partial charge is 0.0772 e. The van der Waals surface area contributed by atoms with E-state index in [0.717, 1.165) is 32.2 Å². The van der Waals surface area contributed by atoms with E-state index >= 15 is 0 Å². The van der Waals surface area contributed by atoms with Crippen molar-refractivity contribution in [3.8, 4) is 0 Å². The molecule has 2 nitrogen and oxygen atoms in total. The van der Waals surface area contributed by atoms with Crippen LogP contribution in [0.5, 0.6) is 0 Å². The molecule has 0 aromatic heterocycles. The molecule has 118 valence electrons. The van der Waals surface area contributed by atoms with Crippen LogP contribution in [0, 0.1) is 26.2 Å². The fourth-order valence-electron chi connectivity index (χ4n) is 3.21. The van der Waals surface area contributed by atoms with Crippen molar-refractivity contribution in [3.63, 3.8) is 0 Å². The van der Waals surface area contributed by atoms with Crippen LogP contribution in [0.25, 0.3) is 0 Å². The van der Waals surface area contributed by atoms with Gasteiger partial charge in [0.05, 0.1) is 5.60 Å². The van der Waals surface area contributed by atoms with E-state index in [2.05, 4.69) is 52.1 Å². The lowest BCUT2D eigenvalue weighted by molar-refractivity contribution is -0.0245. The Bertz CT molecular complexity index is 495.